The summed E-state index contributed by atoms with van der Waals surface area (Å²) < 4.78 is 4.41. The third-order valence-electron chi connectivity index (χ3n) is 0.628. The highest BCUT2D eigenvalue weighted by atomic mass is 32.1. The highest BCUT2D eigenvalue weighted by Gasteiger charge is 2.07. The van der Waals surface area contributed by atoms with E-state index >= 15 is 0 Å². The molecule has 56 valence electrons. The number of carbonyl (C=O) groups excluding carboxylic acids is 1. The number of ether oxygens (including phenoxy) is 1. The molecule has 0 aromatic heterocycles. The van der Waals surface area contributed by atoms with Crippen LogP contribution < -0.4 is 0 Å². The van der Waals surface area contributed by atoms with Crippen LogP contribution >= 0.6 is 13.5 Å². The second-order valence-electron chi connectivity index (χ2n) is 1.43. The van der Waals surface area contributed by atoms with Crippen molar-refractivity contribution in [2.45, 2.75) is 20.0 Å². The smallest absolute Gasteiger partial charge is 0.334 e. The molecule has 0 aromatic rings. The summed E-state index contributed by atoms with van der Waals surface area (Å²) in [4.78, 5) is 10.3. The lowest BCUT2D eigenvalue weighted by Gasteiger charge is -2.01. The zero-order valence-electron chi connectivity index (χ0n) is 5.55. The van der Waals surface area contributed by atoms with Crippen LogP contribution in [-0.4, -0.2) is 23.8 Å². The molecule has 0 aromatic carbocycles. The van der Waals surface area contributed by atoms with Gasteiger partial charge in [0.2, 0.25) is 0 Å². The molecule has 0 amide bonds. The molecule has 0 aliphatic heterocycles. The van der Waals surface area contributed by atoms with Gasteiger partial charge in [0.25, 0.3) is 0 Å². The number of aliphatic hydroxyl groups excluding tert-OH is 1. The van der Waals surface area contributed by atoms with Crippen LogP contribution in [0.5, 0.6) is 0 Å². The van der Waals surface area contributed by atoms with Gasteiger partial charge in [-0.3, -0.25) is 0 Å². The fourth-order valence-electron chi connectivity index (χ4n) is 0.263. The van der Waals surface area contributed by atoms with Gasteiger partial charge in [-0.1, -0.05) is 0 Å². The van der Waals surface area contributed by atoms with E-state index in [0.717, 1.165) is 0 Å². The fraction of sp³-hybridized carbons (Fsp3) is 0.800. The Bertz CT molecular complexity index is 82.3. The van der Waals surface area contributed by atoms with Gasteiger partial charge in [0.1, 0.15) is 6.10 Å². The molecule has 1 atom stereocenters. The molecule has 0 fully saturated rings. The monoisotopic (exact) mass is 152 g/mol. The molecule has 0 aliphatic rings. The molecular formula is C5H12O3S. The third-order valence-corrected chi connectivity index (χ3v) is 0.628. The fourth-order valence-corrected chi connectivity index (χ4v) is 0.263. The molecule has 4 heteroatoms. The summed E-state index contributed by atoms with van der Waals surface area (Å²) in [5.74, 6) is -0.562. The van der Waals surface area contributed by atoms with Crippen LogP contribution in [0.25, 0.3) is 0 Å². The predicted octanol–water partition coefficient (Wildman–Crippen LogP) is 0.0431. The van der Waals surface area contributed by atoms with E-state index in [1.165, 1.54) is 6.92 Å². The van der Waals surface area contributed by atoms with Crippen molar-refractivity contribution in [3.05, 3.63) is 0 Å². The Labute approximate surface area is 61.5 Å². The predicted molar refractivity (Wildman–Crippen MR) is 38.7 cm³/mol. The molecule has 0 saturated carbocycles. The van der Waals surface area contributed by atoms with Gasteiger partial charge in [-0.05, 0) is 13.8 Å². The van der Waals surface area contributed by atoms with Gasteiger partial charge >= 0.3 is 5.97 Å². The quantitative estimate of drug-likeness (QED) is 0.568. The SMILES string of the molecule is CCOC(=O)C(C)O.S. The van der Waals surface area contributed by atoms with Crippen molar-refractivity contribution in [3.8, 4) is 0 Å². The van der Waals surface area contributed by atoms with Crippen LogP contribution in [0.2, 0.25) is 0 Å². The van der Waals surface area contributed by atoms with Crippen LogP contribution in [0, 0.1) is 0 Å². The number of aliphatic hydroxyl groups is 1. The van der Waals surface area contributed by atoms with E-state index in [1.54, 1.807) is 6.92 Å². The molecule has 1 unspecified atom stereocenters. The maximum absolute atomic E-state index is 10.3. The summed E-state index contributed by atoms with van der Waals surface area (Å²) in [6.07, 6.45) is -0.991. The Kier molecular flexibility index (Phi) is 7.59. The second kappa shape index (κ2) is 5.91. The van der Waals surface area contributed by atoms with Crippen molar-refractivity contribution >= 4 is 19.5 Å². The van der Waals surface area contributed by atoms with Crippen LogP contribution in [-0.2, 0) is 9.53 Å². The minimum Gasteiger partial charge on any atom is -0.464 e. The molecule has 1 N–H and O–H groups in total. The summed E-state index contributed by atoms with van der Waals surface area (Å²) in [6.45, 7) is 3.39. The Morgan fingerprint density at radius 2 is 2.22 bits per heavy atom. The Hall–Kier alpha value is -0.220. The summed E-state index contributed by atoms with van der Waals surface area (Å²) in [5.41, 5.74) is 0. The van der Waals surface area contributed by atoms with Gasteiger partial charge in [-0.2, -0.15) is 13.5 Å². The van der Waals surface area contributed by atoms with Gasteiger partial charge in [0.15, 0.2) is 0 Å². The van der Waals surface area contributed by atoms with Crippen molar-refractivity contribution < 1.29 is 14.6 Å². The molecule has 0 rings (SSSR count). The summed E-state index contributed by atoms with van der Waals surface area (Å²) in [7, 11) is 0. The number of rotatable bonds is 2. The first-order valence-corrected chi connectivity index (χ1v) is 2.53. The maximum atomic E-state index is 10.3. The van der Waals surface area contributed by atoms with Gasteiger partial charge in [-0.15, -0.1) is 0 Å². The summed E-state index contributed by atoms with van der Waals surface area (Å²) in [5, 5.41) is 8.48. The topological polar surface area (TPSA) is 46.5 Å². The lowest BCUT2D eigenvalue weighted by atomic mass is 10.4. The van der Waals surface area contributed by atoms with Crippen molar-refractivity contribution in [1.82, 2.24) is 0 Å². The standard InChI is InChI=1S/C5H10O3.H2S/c1-3-8-5(7)4(2)6;/h4,6H,3H2,1-2H3;1H2. The third kappa shape index (κ3) is 5.65. The lowest BCUT2D eigenvalue weighted by molar-refractivity contribution is -0.151. The summed E-state index contributed by atoms with van der Waals surface area (Å²) in [6, 6.07) is 0. The van der Waals surface area contributed by atoms with E-state index in [-0.39, 0.29) is 13.5 Å². The summed E-state index contributed by atoms with van der Waals surface area (Å²) >= 11 is 0. The number of hydrogen-bond donors (Lipinski definition) is 1. The van der Waals surface area contributed by atoms with Gasteiger partial charge in [0.05, 0.1) is 6.61 Å². The Morgan fingerprint density at radius 1 is 1.78 bits per heavy atom. The van der Waals surface area contributed by atoms with Crippen LogP contribution in [0.3, 0.4) is 0 Å². The zero-order chi connectivity index (χ0) is 6.57. The first-order chi connectivity index (χ1) is 3.68. The molecule has 0 saturated heterocycles. The molecule has 9 heavy (non-hydrogen) atoms. The minimum atomic E-state index is -0.991. The number of carbonyl (C=O) groups is 1. The molecule has 0 radical (unpaired) electrons. The van der Waals surface area contributed by atoms with Gasteiger partial charge in [-0.25, -0.2) is 4.79 Å². The van der Waals surface area contributed by atoms with E-state index in [9.17, 15) is 4.79 Å². The normalized spacial score (nSPS) is 11.4. The molecule has 0 spiro atoms. The van der Waals surface area contributed by atoms with E-state index in [4.69, 9.17) is 5.11 Å². The highest BCUT2D eigenvalue weighted by molar-refractivity contribution is 7.59. The number of hydrogen-bond acceptors (Lipinski definition) is 3. The molecule has 0 heterocycles. The van der Waals surface area contributed by atoms with Crippen molar-refractivity contribution in [3.63, 3.8) is 0 Å². The molecular weight excluding hydrogens is 140 g/mol. The van der Waals surface area contributed by atoms with Crippen LogP contribution in [0.4, 0.5) is 0 Å². The average Bonchev–Trinajstić information content (AvgIpc) is 1.67. The first-order valence-electron chi connectivity index (χ1n) is 2.53. The van der Waals surface area contributed by atoms with Crippen LogP contribution in [0.1, 0.15) is 13.8 Å². The van der Waals surface area contributed by atoms with E-state index in [1.807, 2.05) is 0 Å². The Morgan fingerprint density at radius 3 is 2.33 bits per heavy atom. The van der Waals surface area contributed by atoms with Gasteiger partial charge < -0.3 is 9.84 Å². The second-order valence-corrected chi connectivity index (χ2v) is 1.43. The molecule has 0 aliphatic carbocycles. The van der Waals surface area contributed by atoms with E-state index < -0.39 is 12.1 Å². The number of esters is 1. The molecule has 3 nitrogen and oxygen atoms in total. The maximum Gasteiger partial charge on any atom is 0.334 e. The highest BCUT2D eigenvalue weighted by Crippen LogP contribution is 1.84. The zero-order valence-corrected chi connectivity index (χ0v) is 6.55. The minimum absolute atomic E-state index is 0. The average molecular weight is 152 g/mol. The van der Waals surface area contributed by atoms with Gasteiger partial charge in [0, 0.05) is 0 Å². The van der Waals surface area contributed by atoms with Crippen molar-refractivity contribution in [1.29, 1.82) is 0 Å². The first kappa shape index (κ1) is 11.6. The Balaban J connectivity index is 0. The van der Waals surface area contributed by atoms with Crippen molar-refractivity contribution in [2.75, 3.05) is 6.61 Å². The van der Waals surface area contributed by atoms with Crippen molar-refractivity contribution in [2.24, 2.45) is 0 Å². The lowest BCUT2D eigenvalue weighted by Crippen LogP contribution is -2.18. The van der Waals surface area contributed by atoms with E-state index in [0.29, 0.717) is 6.61 Å². The van der Waals surface area contributed by atoms with Crippen LogP contribution in [0.15, 0.2) is 0 Å². The molecule has 0 bridgehead atoms. The largest absolute Gasteiger partial charge is 0.464 e. The van der Waals surface area contributed by atoms with E-state index in [2.05, 4.69) is 4.74 Å².